The van der Waals surface area contributed by atoms with Crippen LogP contribution in [0.1, 0.15) is 41.4 Å². The van der Waals surface area contributed by atoms with E-state index in [-0.39, 0.29) is 5.91 Å². The lowest BCUT2D eigenvalue weighted by Gasteiger charge is -2.21. The lowest BCUT2D eigenvalue weighted by atomic mass is 9.96. The number of carbonyl (C=O) groups excluding carboxylic acids is 1. The molecular formula is C23H21N5O2. The molecule has 150 valence electrons. The van der Waals surface area contributed by atoms with E-state index in [0.717, 1.165) is 51.7 Å². The molecular weight excluding hydrogens is 378 g/mol. The van der Waals surface area contributed by atoms with Crippen molar-refractivity contribution in [3.05, 3.63) is 53.2 Å². The van der Waals surface area contributed by atoms with Gasteiger partial charge in [-0.1, -0.05) is 6.07 Å². The highest BCUT2D eigenvalue weighted by Crippen LogP contribution is 2.41. The molecule has 1 aliphatic carbocycles. The van der Waals surface area contributed by atoms with Crippen LogP contribution in [0.15, 0.2) is 30.6 Å². The van der Waals surface area contributed by atoms with Gasteiger partial charge in [0.15, 0.2) is 0 Å². The number of carbonyl (C=O) groups is 1. The summed E-state index contributed by atoms with van der Waals surface area (Å²) in [7, 11) is 0. The quantitative estimate of drug-likeness (QED) is 0.580. The topological polar surface area (TPSA) is 91.9 Å². The summed E-state index contributed by atoms with van der Waals surface area (Å²) in [6.07, 6.45) is 7.90. The molecule has 0 radical (unpaired) electrons. The summed E-state index contributed by atoms with van der Waals surface area (Å²) in [5.41, 5.74) is 7.27. The van der Waals surface area contributed by atoms with Gasteiger partial charge in [-0.2, -0.15) is 0 Å². The second kappa shape index (κ2) is 6.45. The van der Waals surface area contributed by atoms with Gasteiger partial charge < -0.3 is 20.4 Å². The first-order valence-corrected chi connectivity index (χ1v) is 10.3. The molecule has 0 spiro atoms. The summed E-state index contributed by atoms with van der Waals surface area (Å²) in [5, 5.41) is 6.35. The van der Waals surface area contributed by atoms with Gasteiger partial charge in [0.1, 0.15) is 18.1 Å². The predicted octanol–water partition coefficient (Wildman–Crippen LogP) is 3.95. The highest BCUT2D eigenvalue weighted by molar-refractivity contribution is 6.35. The summed E-state index contributed by atoms with van der Waals surface area (Å²) in [6, 6.07) is 6.02. The molecule has 7 heteroatoms. The van der Waals surface area contributed by atoms with E-state index >= 15 is 0 Å². The number of benzene rings is 1. The molecule has 2 aliphatic heterocycles. The smallest absolute Gasteiger partial charge is 0.256 e. The number of anilines is 2. The van der Waals surface area contributed by atoms with Crippen molar-refractivity contribution in [2.24, 2.45) is 0 Å². The number of rotatable bonds is 3. The van der Waals surface area contributed by atoms with Crippen LogP contribution in [-0.4, -0.2) is 34.0 Å². The summed E-state index contributed by atoms with van der Waals surface area (Å²) >= 11 is 0. The van der Waals surface area contributed by atoms with Crippen molar-refractivity contribution >= 4 is 28.9 Å². The predicted molar refractivity (Wildman–Crippen MR) is 115 cm³/mol. The normalized spacial score (nSPS) is 18.4. The van der Waals surface area contributed by atoms with Crippen LogP contribution in [0.25, 0.3) is 22.8 Å². The van der Waals surface area contributed by atoms with Crippen molar-refractivity contribution in [3.63, 3.8) is 0 Å². The van der Waals surface area contributed by atoms with E-state index in [1.807, 2.05) is 24.4 Å². The number of H-pyrrole nitrogens is 1. The molecule has 30 heavy (non-hydrogen) atoms. The Bertz CT molecular complexity index is 1220. The summed E-state index contributed by atoms with van der Waals surface area (Å²) < 4.78 is 5.64. The van der Waals surface area contributed by atoms with Crippen LogP contribution >= 0.6 is 0 Å². The van der Waals surface area contributed by atoms with Gasteiger partial charge in [-0.05, 0) is 49.1 Å². The number of imidazole rings is 1. The Hall–Kier alpha value is -3.61. The van der Waals surface area contributed by atoms with Gasteiger partial charge >= 0.3 is 0 Å². The number of hydrogen-bond donors (Lipinski definition) is 3. The average molecular weight is 399 g/mol. The SMILES string of the molecule is Cc1c(-c2ccc3c(c2)/C(=C/c2cnc(C4CC4)[nH]2)C(=O)N3)cnc2c1NCCO2. The second-order valence-corrected chi connectivity index (χ2v) is 8.02. The van der Waals surface area contributed by atoms with E-state index in [0.29, 0.717) is 24.0 Å². The Morgan fingerprint density at radius 1 is 1.17 bits per heavy atom. The van der Waals surface area contributed by atoms with Crippen molar-refractivity contribution in [3.8, 4) is 17.0 Å². The maximum atomic E-state index is 12.6. The van der Waals surface area contributed by atoms with Crippen molar-refractivity contribution in [1.82, 2.24) is 15.0 Å². The van der Waals surface area contributed by atoms with Gasteiger partial charge in [0.05, 0.1) is 17.5 Å². The van der Waals surface area contributed by atoms with Crippen LogP contribution in [0, 0.1) is 6.92 Å². The molecule has 1 fully saturated rings. The van der Waals surface area contributed by atoms with Crippen LogP contribution in [0.3, 0.4) is 0 Å². The third-order valence-electron chi connectivity index (χ3n) is 5.94. The van der Waals surface area contributed by atoms with Crippen molar-refractivity contribution in [1.29, 1.82) is 0 Å². The van der Waals surface area contributed by atoms with Crippen LogP contribution in [0.4, 0.5) is 11.4 Å². The van der Waals surface area contributed by atoms with Crippen molar-refractivity contribution in [2.45, 2.75) is 25.7 Å². The minimum Gasteiger partial charge on any atom is -0.474 e. The van der Waals surface area contributed by atoms with E-state index in [9.17, 15) is 4.79 Å². The molecule has 0 atom stereocenters. The molecule has 3 aromatic rings. The van der Waals surface area contributed by atoms with Crippen LogP contribution in [-0.2, 0) is 4.79 Å². The van der Waals surface area contributed by atoms with Gasteiger partial charge in [0.2, 0.25) is 5.88 Å². The van der Waals surface area contributed by atoms with Gasteiger partial charge in [-0.25, -0.2) is 9.97 Å². The molecule has 0 bridgehead atoms. The zero-order valence-electron chi connectivity index (χ0n) is 16.6. The van der Waals surface area contributed by atoms with Crippen LogP contribution in [0.5, 0.6) is 5.88 Å². The third kappa shape index (κ3) is 2.77. The fourth-order valence-electron chi connectivity index (χ4n) is 4.16. The van der Waals surface area contributed by atoms with Gasteiger partial charge in [-0.15, -0.1) is 0 Å². The minimum absolute atomic E-state index is 0.0972. The average Bonchev–Trinajstić information content (AvgIpc) is 3.43. The minimum atomic E-state index is -0.0972. The summed E-state index contributed by atoms with van der Waals surface area (Å²) in [4.78, 5) is 24.9. The van der Waals surface area contributed by atoms with Crippen LogP contribution in [0.2, 0.25) is 0 Å². The zero-order chi connectivity index (χ0) is 20.2. The number of amides is 1. The lowest BCUT2D eigenvalue weighted by Crippen LogP contribution is -2.20. The Labute approximate surface area is 173 Å². The number of nitrogens with zero attached hydrogens (tertiary/aromatic N) is 2. The molecule has 4 heterocycles. The van der Waals surface area contributed by atoms with E-state index in [2.05, 4.69) is 38.6 Å². The monoisotopic (exact) mass is 399 g/mol. The molecule has 3 N–H and O–H groups in total. The Kier molecular flexibility index (Phi) is 3.71. The van der Waals surface area contributed by atoms with Crippen LogP contribution < -0.4 is 15.4 Å². The fraction of sp³-hybridized carbons (Fsp3) is 0.261. The Morgan fingerprint density at radius 3 is 2.93 bits per heavy atom. The third-order valence-corrected chi connectivity index (χ3v) is 5.94. The fourth-order valence-corrected chi connectivity index (χ4v) is 4.16. The lowest BCUT2D eigenvalue weighted by molar-refractivity contribution is -0.110. The van der Waals surface area contributed by atoms with E-state index in [1.165, 1.54) is 12.8 Å². The first-order chi connectivity index (χ1) is 14.7. The molecule has 6 rings (SSSR count). The Morgan fingerprint density at radius 2 is 2.07 bits per heavy atom. The molecule has 1 saturated carbocycles. The maximum absolute atomic E-state index is 12.6. The zero-order valence-corrected chi connectivity index (χ0v) is 16.6. The first-order valence-electron chi connectivity index (χ1n) is 10.3. The van der Waals surface area contributed by atoms with Crippen molar-refractivity contribution in [2.75, 3.05) is 23.8 Å². The number of nitrogens with one attached hydrogen (secondary N) is 3. The standard InChI is InChI=1S/C23H21N5O2/c1-12-18(11-26-23-20(12)24-6-7-30-23)14-4-5-19-16(8-14)17(22(29)28-19)9-15-10-25-21(27-15)13-2-3-13/h4-5,8-11,13,24H,2-3,6-7H2,1H3,(H,25,27)(H,28,29)/b17-9-. The largest absolute Gasteiger partial charge is 0.474 e. The van der Waals surface area contributed by atoms with Gasteiger partial charge in [0.25, 0.3) is 5.91 Å². The van der Waals surface area contributed by atoms with Crippen molar-refractivity contribution < 1.29 is 9.53 Å². The summed E-state index contributed by atoms with van der Waals surface area (Å²) in [6.45, 7) is 3.45. The van der Waals surface area contributed by atoms with E-state index < -0.39 is 0 Å². The number of aromatic amines is 1. The molecule has 0 unspecified atom stereocenters. The maximum Gasteiger partial charge on any atom is 0.256 e. The first kappa shape index (κ1) is 17.3. The Balaban J connectivity index is 1.41. The molecule has 0 saturated heterocycles. The number of pyridine rings is 1. The molecule has 7 nitrogen and oxygen atoms in total. The number of hydrogen-bond acceptors (Lipinski definition) is 5. The summed E-state index contributed by atoms with van der Waals surface area (Å²) in [5.74, 6) is 2.11. The highest BCUT2D eigenvalue weighted by atomic mass is 16.5. The van der Waals surface area contributed by atoms with Gasteiger partial charge in [0, 0.05) is 35.5 Å². The number of aromatic nitrogens is 3. The molecule has 2 aromatic heterocycles. The van der Waals surface area contributed by atoms with E-state index in [1.54, 1.807) is 6.20 Å². The number of fused-ring (bicyclic) bond motifs is 2. The molecule has 1 amide bonds. The molecule has 3 aliphatic rings. The number of ether oxygens (including phenoxy) is 1. The molecule has 1 aromatic carbocycles. The van der Waals surface area contributed by atoms with E-state index in [4.69, 9.17) is 4.74 Å². The van der Waals surface area contributed by atoms with Gasteiger partial charge in [-0.3, -0.25) is 4.79 Å². The second-order valence-electron chi connectivity index (χ2n) is 8.02. The highest BCUT2D eigenvalue weighted by Gasteiger charge is 2.28.